The molecule has 0 bridgehead atoms. The van der Waals surface area contributed by atoms with Gasteiger partial charge >= 0.3 is 6.03 Å². The van der Waals surface area contributed by atoms with Gasteiger partial charge in [0.15, 0.2) is 0 Å². The fourth-order valence-corrected chi connectivity index (χ4v) is 4.39. The summed E-state index contributed by atoms with van der Waals surface area (Å²) in [5.41, 5.74) is 0.877. The van der Waals surface area contributed by atoms with Gasteiger partial charge in [0.05, 0.1) is 6.54 Å². The number of rotatable bonds is 3. The molecule has 2 aliphatic heterocycles. The zero-order valence-electron chi connectivity index (χ0n) is 17.7. The molecule has 8 nitrogen and oxygen atoms in total. The van der Waals surface area contributed by atoms with Crippen LogP contribution in [0.5, 0.6) is 5.75 Å². The first kappa shape index (κ1) is 21.2. The Balaban J connectivity index is 1.71. The molecule has 32 heavy (non-hydrogen) atoms. The van der Waals surface area contributed by atoms with Crippen LogP contribution >= 0.6 is 0 Å². The van der Waals surface area contributed by atoms with Gasteiger partial charge in [0, 0.05) is 31.4 Å². The van der Waals surface area contributed by atoms with Gasteiger partial charge in [-0.1, -0.05) is 18.1 Å². The Hall–Kier alpha value is -3.99. The standard InChI is InChI=1S/C24H24N4O4/c1-3-17-4-8-19(9-5-17)27-15-21(30)28(14-18-6-10-20(29)11-7-18)24(22(27)31)12-13-26(16-24)23(32)25-2/h1,4-11,29H,12-16H2,2H3,(H,25,32). The number of likely N-dealkylation sites (tertiary alicyclic amines) is 1. The van der Waals surface area contributed by atoms with Crippen LogP contribution < -0.4 is 10.2 Å². The minimum atomic E-state index is -1.18. The molecule has 1 atom stereocenters. The number of piperazine rings is 1. The molecule has 4 rings (SSSR count). The lowest BCUT2D eigenvalue weighted by Gasteiger charge is -2.47. The maximum atomic E-state index is 13.9. The Morgan fingerprint density at radius 2 is 1.84 bits per heavy atom. The predicted octanol–water partition coefficient (Wildman–Crippen LogP) is 1.53. The van der Waals surface area contributed by atoms with Crippen LogP contribution in [0.25, 0.3) is 0 Å². The number of hydrogen-bond acceptors (Lipinski definition) is 4. The third-order valence-electron chi connectivity index (χ3n) is 6.13. The van der Waals surface area contributed by atoms with Crippen molar-refractivity contribution in [2.45, 2.75) is 18.5 Å². The Labute approximate surface area is 186 Å². The number of amides is 4. The maximum Gasteiger partial charge on any atom is 0.317 e. The van der Waals surface area contributed by atoms with Gasteiger partial charge in [-0.3, -0.25) is 9.59 Å². The van der Waals surface area contributed by atoms with E-state index in [0.717, 1.165) is 5.56 Å². The second-order valence-corrected chi connectivity index (χ2v) is 7.99. The fourth-order valence-electron chi connectivity index (χ4n) is 4.39. The van der Waals surface area contributed by atoms with Crippen LogP contribution in [-0.4, -0.2) is 65.0 Å². The molecule has 0 radical (unpaired) electrons. The molecule has 0 saturated carbocycles. The molecule has 2 aromatic carbocycles. The molecule has 0 aromatic heterocycles. The van der Waals surface area contributed by atoms with E-state index in [1.807, 2.05) is 0 Å². The molecule has 2 N–H and O–H groups in total. The largest absolute Gasteiger partial charge is 0.508 e. The number of hydrogen-bond donors (Lipinski definition) is 2. The van der Waals surface area contributed by atoms with E-state index in [0.29, 0.717) is 24.2 Å². The smallest absolute Gasteiger partial charge is 0.317 e. The second-order valence-electron chi connectivity index (χ2n) is 7.99. The number of nitrogens with one attached hydrogen (secondary N) is 1. The van der Waals surface area contributed by atoms with Crippen LogP contribution in [0.2, 0.25) is 0 Å². The van der Waals surface area contributed by atoms with Gasteiger partial charge in [0.1, 0.15) is 17.8 Å². The highest BCUT2D eigenvalue weighted by Crippen LogP contribution is 2.37. The van der Waals surface area contributed by atoms with Crippen molar-refractivity contribution in [1.29, 1.82) is 0 Å². The maximum absolute atomic E-state index is 13.9. The molecule has 2 saturated heterocycles. The average Bonchev–Trinajstić information content (AvgIpc) is 3.26. The van der Waals surface area contributed by atoms with E-state index >= 15 is 0 Å². The molecule has 2 aromatic rings. The van der Waals surface area contributed by atoms with E-state index in [4.69, 9.17) is 6.42 Å². The number of benzene rings is 2. The number of phenolic OH excluding ortho intramolecular Hbond substituents is 1. The molecular weight excluding hydrogens is 408 g/mol. The Morgan fingerprint density at radius 1 is 1.16 bits per heavy atom. The number of terminal acetylenes is 1. The third-order valence-corrected chi connectivity index (χ3v) is 6.13. The molecule has 1 unspecified atom stereocenters. The van der Waals surface area contributed by atoms with Crippen molar-refractivity contribution < 1.29 is 19.5 Å². The monoisotopic (exact) mass is 432 g/mol. The number of aromatic hydroxyl groups is 1. The molecule has 0 aliphatic carbocycles. The summed E-state index contributed by atoms with van der Waals surface area (Å²) in [6.07, 6.45) is 5.76. The van der Waals surface area contributed by atoms with Gasteiger partial charge in [0.25, 0.3) is 5.91 Å². The lowest BCUT2D eigenvalue weighted by Crippen LogP contribution is -2.69. The van der Waals surface area contributed by atoms with E-state index in [2.05, 4.69) is 11.2 Å². The summed E-state index contributed by atoms with van der Waals surface area (Å²) in [5.74, 6) is 2.23. The summed E-state index contributed by atoms with van der Waals surface area (Å²) in [4.78, 5) is 44.1. The van der Waals surface area contributed by atoms with E-state index in [1.54, 1.807) is 58.3 Å². The average molecular weight is 432 g/mol. The second kappa shape index (κ2) is 8.27. The summed E-state index contributed by atoms with van der Waals surface area (Å²) in [6.45, 7) is 0.563. The van der Waals surface area contributed by atoms with Crippen molar-refractivity contribution in [3.05, 3.63) is 59.7 Å². The van der Waals surface area contributed by atoms with E-state index < -0.39 is 5.54 Å². The first-order chi connectivity index (χ1) is 15.4. The summed E-state index contributed by atoms with van der Waals surface area (Å²) in [6, 6.07) is 13.2. The first-order valence-corrected chi connectivity index (χ1v) is 10.3. The molecule has 164 valence electrons. The van der Waals surface area contributed by atoms with Crippen molar-refractivity contribution >= 4 is 23.5 Å². The van der Waals surface area contributed by atoms with Gasteiger partial charge in [-0.2, -0.15) is 0 Å². The van der Waals surface area contributed by atoms with E-state index in [-0.39, 0.29) is 43.2 Å². The van der Waals surface area contributed by atoms with E-state index in [9.17, 15) is 19.5 Å². The number of anilines is 1. The van der Waals surface area contributed by atoms with Crippen molar-refractivity contribution in [1.82, 2.24) is 15.1 Å². The minimum absolute atomic E-state index is 0.103. The Morgan fingerprint density at radius 3 is 2.47 bits per heavy atom. The van der Waals surface area contributed by atoms with Crippen molar-refractivity contribution in [3.8, 4) is 18.1 Å². The lowest BCUT2D eigenvalue weighted by atomic mass is 9.90. The topological polar surface area (TPSA) is 93.2 Å². The zero-order chi connectivity index (χ0) is 22.9. The summed E-state index contributed by atoms with van der Waals surface area (Å²) in [7, 11) is 1.54. The van der Waals surface area contributed by atoms with Crippen molar-refractivity contribution in [2.24, 2.45) is 0 Å². The Kier molecular flexibility index (Phi) is 5.49. The van der Waals surface area contributed by atoms with Crippen molar-refractivity contribution in [2.75, 3.05) is 31.6 Å². The highest BCUT2D eigenvalue weighted by atomic mass is 16.3. The van der Waals surface area contributed by atoms with Gasteiger partial charge in [-0.25, -0.2) is 4.79 Å². The predicted molar refractivity (Wildman–Crippen MR) is 119 cm³/mol. The lowest BCUT2D eigenvalue weighted by molar-refractivity contribution is -0.151. The normalized spacial score (nSPS) is 20.6. The minimum Gasteiger partial charge on any atom is -0.508 e. The third kappa shape index (κ3) is 3.62. The number of carbonyl (C=O) groups excluding carboxylic acids is 3. The van der Waals surface area contributed by atoms with Gasteiger partial charge in [-0.05, 0) is 48.4 Å². The summed E-state index contributed by atoms with van der Waals surface area (Å²) in [5, 5.41) is 12.2. The van der Waals surface area contributed by atoms with Crippen molar-refractivity contribution in [3.63, 3.8) is 0 Å². The van der Waals surface area contributed by atoms with Crippen LogP contribution in [-0.2, 0) is 16.1 Å². The molecule has 2 aliphatic rings. The fraction of sp³-hybridized carbons (Fsp3) is 0.292. The number of urea groups is 1. The highest BCUT2D eigenvalue weighted by molar-refractivity contribution is 6.09. The van der Waals surface area contributed by atoms with Crippen LogP contribution in [0.4, 0.5) is 10.5 Å². The first-order valence-electron chi connectivity index (χ1n) is 10.3. The number of phenols is 1. The Bertz CT molecular complexity index is 1090. The van der Waals surface area contributed by atoms with Gasteiger partial charge in [-0.15, -0.1) is 6.42 Å². The van der Waals surface area contributed by atoms with Crippen LogP contribution in [0.15, 0.2) is 48.5 Å². The number of nitrogens with zero attached hydrogens (tertiary/aromatic N) is 3. The molecule has 2 heterocycles. The van der Waals surface area contributed by atoms with Crippen LogP contribution in [0, 0.1) is 12.3 Å². The molecule has 1 spiro atoms. The summed E-state index contributed by atoms with van der Waals surface area (Å²) >= 11 is 0. The van der Waals surface area contributed by atoms with E-state index in [1.165, 1.54) is 11.9 Å². The quantitative estimate of drug-likeness (QED) is 0.720. The number of carbonyl (C=O) groups is 3. The highest BCUT2D eigenvalue weighted by Gasteiger charge is 2.56. The SMILES string of the molecule is C#Cc1ccc(N2CC(=O)N(Cc3ccc(O)cc3)C3(CCN(C(=O)NC)C3)C2=O)cc1. The molecule has 8 heteroatoms. The van der Waals surface area contributed by atoms with Gasteiger partial charge < -0.3 is 25.1 Å². The molecular formula is C24H24N4O4. The molecule has 4 amide bonds. The van der Waals surface area contributed by atoms with Crippen LogP contribution in [0.3, 0.4) is 0 Å². The summed E-state index contributed by atoms with van der Waals surface area (Å²) < 4.78 is 0. The van der Waals surface area contributed by atoms with Gasteiger partial charge in [0.2, 0.25) is 5.91 Å². The zero-order valence-corrected chi connectivity index (χ0v) is 17.7. The van der Waals surface area contributed by atoms with Crippen LogP contribution in [0.1, 0.15) is 17.5 Å². The molecule has 2 fully saturated rings.